The van der Waals surface area contributed by atoms with Gasteiger partial charge in [-0.15, -0.1) is 0 Å². The van der Waals surface area contributed by atoms with Gasteiger partial charge in [0.2, 0.25) is 0 Å². The molecule has 1 aliphatic carbocycles. The van der Waals surface area contributed by atoms with Crippen molar-refractivity contribution in [3.05, 3.63) is 42.6 Å². The van der Waals surface area contributed by atoms with Crippen molar-refractivity contribution < 1.29 is 5.11 Å². The number of hydrogen-bond donors (Lipinski definition) is 3. The molecule has 0 aromatic carbocycles. The zero-order valence-electron chi connectivity index (χ0n) is 14.4. The molecule has 6 heteroatoms. The van der Waals surface area contributed by atoms with E-state index >= 15 is 0 Å². The number of aliphatic hydroxyl groups is 1. The van der Waals surface area contributed by atoms with Gasteiger partial charge in [-0.2, -0.15) is 0 Å². The quantitative estimate of drug-likeness (QED) is 0.785. The Labute approximate surface area is 148 Å². The second kappa shape index (κ2) is 7.15. The van der Waals surface area contributed by atoms with Crippen LogP contribution in [0.15, 0.2) is 36.9 Å². The first-order valence-electron chi connectivity index (χ1n) is 9.15. The van der Waals surface area contributed by atoms with Gasteiger partial charge in [-0.1, -0.05) is 0 Å². The van der Waals surface area contributed by atoms with Gasteiger partial charge in [-0.05, 0) is 50.8 Å². The zero-order valence-corrected chi connectivity index (χ0v) is 14.4. The summed E-state index contributed by atoms with van der Waals surface area (Å²) in [7, 11) is 0. The van der Waals surface area contributed by atoms with Gasteiger partial charge in [-0.3, -0.25) is 15.0 Å². The molecule has 0 bridgehead atoms. The fourth-order valence-corrected chi connectivity index (χ4v) is 3.92. The Morgan fingerprint density at radius 1 is 1.04 bits per heavy atom. The first kappa shape index (κ1) is 16.6. The van der Waals surface area contributed by atoms with Crippen molar-refractivity contribution in [2.24, 2.45) is 0 Å². The van der Waals surface area contributed by atoms with E-state index in [-0.39, 0.29) is 0 Å². The molecule has 0 spiro atoms. The van der Waals surface area contributed by atoms with E-state index in [2.05, 4.69) is 25.6 Å². The number of nitrogens with one attached hydrogen (secondary N) is 2. The average molecular weight is 339 g/mol. The van der Waals surface area contributed by atoms with E-state index in [1.54, 1.807) is 24.8 Å². The SMILES string of the molecule is OC1(c2ccc(-c3cnccn3)cn2)CCC(N[C@H]2CCNC2)CC1. The van der Waals surface area contributed by atoms with Gasteiger partial charge >= 0.3 is 0 Å². The highest BCUT2D eigenvalue weighted by atomic mass is 16.3. The molecular formula is C19H25N5O. The van der Waals surface area contributed by atoms with Gasteiger partial charge in [0.15, 0.2) is 0 Å². The fraction of sp³-hybridized carbons (Fsp3) is 0.526. The Balaban J connectivity index is 1.39. The predicted octanol–water partition coefficient (Wildman–Crippen LogP) is 1.62. The first-order chi connectivity index (χ1) is 12.2. The number of pyridine rings is 1. The van der Waals surface area contributed by atoms with Crippen LogP contribution in [0.1, 0.15) is 37.8 Å². The van der Waals surface area contributed by atoms with E-state index in [0.717, 1.165) is 55.7 Å². The van der Waals surface area contributed by atoms with Crippen LogP contribution in [-0.2, 0) is 5.60 Å². The minimum Gasteiger partial charge on any atom is -0.384 e. The normalized spacial score (nSPS) is 29.6. The van der Waals surface area contributed by atoms with E-state index in [0.29, 0.717) is 12.1 Å². The number of hydrogen-bond acceptors (Lipinski definition) is 6. The molecule has 0 radical (unpaired) electrons. The van der Waals surface area contributed by atoms with Crippen LogP contribution in [0, 0.1) is 0 Å². The van der Waals surface area contributed by atoms with Crippen molar-refractivity contribution in [1.82, 2.24) is 25.6 Å². The molecule has 2 fully saturated rings. The molecule has 1 atom stereocenters. The van der Waals surface area contributed by atoms with Crippen LogP contribution in [0.2, 0.25) is 0 Å². The maximum Gasteiger partial charge on any atom is 0.107 e. The van der Waals surface area contributed by atoms with Crippen LogP contribution in [0.25, 0.3) is 11.3 Å². The summed E-state index contributed by atoms with van der Waals surface area (Å²) in [6.07, 6.45) is 11.5. The second-order valence-corrected chi connectivity index (χ2v) is 7.19. The zero-order chi connectivity index (χ0) is 17.1. The van der Waals surface area contributed by atoms with Gasteiger partial charge in [0.05, 0.1) is 17.6 Å². The number of aromatic nitrogens is 3. The third-order valence-electron chi connectivity index (χ3n) is 5.44. The summed E-state index contributed by atoms with van der Waals surface area (Å²) in [5.74, 6) is 0. The van der Waals surface area contributed by atoms with Gasteiger partial charge < -0.3 is 15.7 Å². The highest BCUT2D eigenvalue weighted by Crippen LogP contribution is 2.36. The van der Waals surface area contributed by atoms with Crippen molar-refractivity contribution in [3.63, 3.8) is 0 Å². The maximum atomic E-state index is 11.1. The van der Waals surface area contributed by atoms with Gasteiger partial charge in [0.25, 0.3) is 0 Å². The lowest BCUT2D eigenvalue weighted by atomic mass is 9.79. The molecule has 2 aromatic rings. The molecule has 25 heavy (non-hydrogen) atoms. The fourth-order valence-electron chi connectivity index (χ4n) is 3.92. The van der Waals surface area contributed by atoms with Crippen molar-refractivity contribution in [1.29, 1.82) is 0 Å². The number of nitrogens with zero attached hydrogens (tertiary/aromatic N) is 3. The molecule has 132 valence electrons. The van der Waals surface area contributed by atoms with Crippen LogP contribution >= 0.6 is 0 Å². The predicted molar refractivity (Wildman–Crippen MR) is 95.8 cm³/mol. The Morgan fingerprint density at radius 3 is 2.56 bits per heavy atom. The van der Waals surface area contributed by atoms with Gasteiger partial charge in [0.1, 0.15) is 5.60 Å². The Morgan fingerprint density at radius 2 is 1.92 bits per heavy atom. The lowest BCUT2D eigenvalue weighted by Crippen LogP contribution is -2.44. The molecule has 3 heterocycles. The summed E-state index contributed by atoms with van der Waals surface area (Å²) in [4.78, 5) is 12.9. The third kappa shape index (κ3) is 3.71. The van der Waals surface area contributed by atoms with Crippen molar-refractivity contribution in [2.75, 3.05) is 13.1 Å². The molecular weight excluding hydrogens is 314 g/mol. The molecule has 4 rings (SSSR count). The van der Waals surface area contributed by atoms with Gasteiger partial charge in [-0.25, -0.2) is 0 Å². The molecule has 0 amide bonds. The van der Waals surface area contributed by atoms with Gasteiger partial charge in [0, 0.05) is 42.8 Å². The van der Waals surface area contributed by atoms with Crippen molar-refractivity contribution >= 4 is 0 Å². The smallest absolute Gasteiger partial charge is 0.107 e. The molecule has 1 aliphatic heterocycles. The molecule has 0 unspecified atom stereocenters. The van der Waals surface area contributed by atoms with Crippen LogP contribution in [-0.4, -0.2) is 45.2 Å². The third-order valence-corrected chi connectivity index (χ3v) is 5.44. The highest BCUT2D eigenvalue weighted by Gasteiger charge is 2.36. The first-order valence-corrected chi connectivity index (χ1v) is 9.15. The standard InChI is InChI=1S/C19H25N5O/c25-19(6-3-15(4-7-19)24-16-5-8-20-12-16)18-2-1-14(11-23-18)17-13-21-9-10-22-17/h1-2,9-11,13,15-16,20,24-25H,3-8,12H2/t15?,16-,19?/m0/s1. The lowest BCUT2D eigenvalue weighted by molar-refractivity contribution is -0.0130. The summed E-state index contributed by atoms with van der Waals surface area (Å²) < 4.78 is 0. The molecule has 1 saturated carbocycles. The van der Waals surface area contributed by atoms with Crippen LogP contribution < -0.4 is 10.6 Å². The van der Waals surface area contributed by atoms with E-state index < -0.39 is 5.60 Å². The summed E-state index contributed by atoms with van der Waals surface area (Å²) in [5.41, 5.74) is 1.67. The molecule has 6 nitrogen and oxygen atoms in total. The summed E-state index contributed by atoms with van der Waals surface area (Å²) >= 11 is 0. The van der Waals surface area contributed by atoms with E-state index in [1.807, 2.05) is 12.1 Å². The van der Waals surface area contributed by atoms with Crippen molar-refractivity contribution in [2.45, 2.75) is 49.8 Å². The summed E-state index contributed by atoms with van der Waals surface area (Å²) in [6, 6.07) is 4.99. The van der Waals surface area contributed by atoms with Crippen molar-refractivity contribution in [3.8, 4) is 11.3 Å². The average Bonchev–Trinajstić information content (AvgIpc) is 3.18. The number of rotatable bonds is 4. The minimum atomic E-state index is -0.812. The summed E-state index contributed by atoms with van der Waals surface area (Å²) in [5, 5.41) is 18.2. The van der Waals surface area contributed by atoms with E-state index in [1.165, 1.54) is 6.42 Å². The van der Waals surface area contributed by atoms with E-state index in [9.17, 15) is 5.11 Å². The van der Waals surface area contributed by atoms with Crippen LogP contribution in [0.5, 0.6) is 0 Å². The lowest BCUT2D eigenvalue weighted by Gasteiger charge is -2.37. The molecule has 1 saturated heterocycles. The topological polar surface area (TPSA) is 83.0 Å². The summed E-state index contributed by atoms with van der Waals surface area (Å²) in [6.45, 7) is 2.17. The Hall–Kier alpha value is -1.89. The molecule has 2 aromatic heterocycles. The minimum absolute atomic E-state index is 0.504. The molecule has 2 aliphatic rings. The Kier molecular flexibility index (Phi) is 4.74. The maximum absolute atomic E-state index is 11.1. The highest BCUT2D eigenvalue weighted by molar-refractivity contribution is 5.56. The molecule has 3 N–H and O–H groups in total. The Bertz CT molecular complexity index is 677. The monoisotopic (exact) mass is 339 g/mol. The van der Waals surface area contributed by atoms with Crippen LogP contribution in [0.4, 0.5) is 0 Å². The largest absolute Gasteiger partial charge is 0.384 e. The van der Waals surface area contributed by atoms with Crippen LogP contribution in [0.3, 0.4) is 0 Å². The van der Waals surface area contributed by atoms with E-state index in [4.69, 9.17) is 0 Å². The second-order valence-electron chi connectivity index (χ2n) is 7.19.